The number of hydrogen-bond donors (Lipinski definition) is 0. The Morgan fingerprint density at radius 2 is 1.88 bits per heavy atom. The van der Waals surface area contributed by atoms with E-state index in [1.54, 1.807) is 4.90 Å². The van der Waals surface area contributed by atoms with E-state index in [2.05, 4.69) is 16.1 Å². The van der Waals surface area contributed by atoms with E-state index in [1.165, 1.54) is 5.56 Å². The third-order valence-electron chi connectivity index (χ3n) is 6.44. The number of rotatable bonds is 5. The molecule has 32 heavy (non-hydrogen) atoms. The van der Waals surface area contributed by atoms with E-state index < -0.39 is 6.04 Å². The number of anilines is 1. The fraction of sp³-hybridized carbons (Fsp3) is 0.522. The van der Waals surface area contributed by atoms with Crippen molar-refractivity contribution in [2.75, 3.05) is 37.9 Å². The third-order valence-corrected chi connectivity index (χ3v) is 6.44. The maximum absolute atomic E-state index is 13.4. The van der Waals surface area contributed by atoms with E-state index in [1.807, 2.05) is 41.6 Å². The van der Waals surface area contributed by atoms with Gasteiger partial charge in [-0.25, -0.2) is 4.68 Å². The zero-order chi connectivity index (χ0) is 22.2. The van der Waals surface area contributed by atoms with Crippen LogP contribution in [0.2, 0.25) is 0 Å². The topological polar surface area (TPSA) is 80.1 Å². The molecule has 1 atom stereocenters. The van der Waals surface area contributed by atoms with Gasteiger partial charge in [0.05, 0.1) is 12.2 Å². The number of aryl methyl sites for hydroxylation is 2. The van der Waals surface area contributed by atoms with Crippen molar-refractivity contribution in [1.82, 2.24) is 19.6 Å². The zero-order valence-corrected chi connectivity index (χ0v) is 18.6. The van der Waals surface area contributed by atoms with Gasteiger partial charge in [-0.1, -0.05) is 13.0 Å². The van der Waals surface area contributed by atoms with Crippen LogP contribution in [0.1, 0.15) is 31.0 Å². The lowest BCUT2D eigenvalue weighted by atomic mass is 10.1. The van der Waals surface area contributed by atoms with Crippen LogP contribution in [0.5, 0.6) is 11.5 Å². The van der Waals surface area contributed by atoms with Gasteiger partial charge in [-0.3, -0.25) is 19.4 Å². The van der Waals surface area contributed by atoms with Gasteiger partial charge >= 0.3 is 0 Å². The summed E-state index contributed by atoms with van der Waals surface area (Å²) in [7, 11) is 0. The molecule has 0 saturated carbocycles. The summed E-state index contributed by atoms with van der Waals surface area (Å²) in [6, 6.07) is 7.45. The van der Waals surface area contributed by atoms with Gasteiger partial charge in [0, 0.05) is 45.2 Å². The van der Waals surface area contributed by atoms with Crippen molar-refractivity contribution in [2.24, 2.45) is 0 Å². The molecule has 3 aliphatic rings. The Hall–Kier alpha value is -3.07. The molecule has 1 unspecified atom stereocenters. The summed E-state index contributed by atoms with van der Waals surface area (Å²) in [5.41, 5.74) is 2.03. The molecule has 1 aromatic heterocycles. The van der Waals surface area contributed by atoms with Gasteiger partial charge in [0.1, 0.15) is 11.9 Å². The van der Waals surface area contributed by atoms with Crippen LogP contribution in [0.4, 0.5) is 5.82 Å². The Bertz CT molecular complexity index is 1030. The van der Waals surface area contributed by atoms with Crippen molar-refractivity contribution in [3.63, 3.8) is 0 Å². The highest BCUT2D eigenvalue weighted by atomic mass is 16.7. The molecule has 1 aromatic carbocycles. The highest BCUT2D eigenvalue weighted by molar-refractivity contribution is 6.01. The van der Waals surface area contributed by atoms with Gasteiger partial charge < -0.3 is 14.4 Å². The van der Waals surface area contributed by atoms with Crippen molar-refractivity contribution in [3.8, 4) is 11.5 Å². The Kier molecular flexibility index (Phi) is 5.50. The lowest BCUT2D eigenvalue weighted by molar-refractivity contribution is -0.136. The monoisotopic (exact) mass is 439 g/mol. The van der Waals surface area contributed by atoms with E-state index in [0.717, 1.165) is 42.6 Å². The molecular weight excluding hydrogens is 410 g/mol. The van der Waals surface area contributed by atoms with Crippen LogP contribution in [0.3, 0.4) is 0 Å². The molecule has 0 N–H and O–H groups in total. The molecule has 170 valence electrons. The average molecular weight is 440 g/mol. The molecule has 0 aliphatic carbocycles. The third kappa shape index (κ3) is 3.81. The maximum atomic E-state index is 13.4. The first-order chi connectivity index (χ1) is 15.5. The molecular formula is C23H29N5O4. The van der Waals surface area contributed by atoms with Gasteiger partial charge in [-0.2, -0.15) is 5.10 Å². The number of fused-ring (bicyclic) bond motifs is 2. The fourth-order valence-electron chi connectivity index (χ4n) is 4.78. The number of ether oxygens (including phenoxy) is 2. The second-order valence-electron chi connectivity index (χ2n) is 8.59. The lowest BCUT2D eigenvalue weighted by Crippen LogP contribution is -2.57. The minimum Gasteiger partial charge on any atom is -0.454 e. The van der Waals surface area contributed by atoms with Crippen LogP contribution in [-0.2, 0) is 22.7 Å². The Labute approximate surface area is 187 Å². The molecule has 2 aromatic rings. The summed E-state index contributed by atoms with van der Waals surface area (Å²) in [6.07, 6.45) is 0.952. The van der Waals surface area contributed by atoms with Crippen LogP contribution in [0, 0.1) is 6.92 Å². The Morgan fingerprint density at radius 1 is 1.09 bits per heavy atom. The molecule has 5 rings (SSSR count). The van der Waals surface area contributed by atoms with E-state index in [9.17, 15) is 9.59 Å². The predicted octanol–water partition coefficient (Wildman–Crippen LogP) is 1.78. The van der Waals surface area contributed by atoms with Crippen LogP contribution in [0.25, 0.3) is 0 Å². The summed E-state index contributed by atoms with van der Waals surface area (Å²) < 4.78 is 12.7. The number of amides is 2. The standard InChI is InChI=1S/C23H29N5O4/c1-3-18(28-21-12-16(2)24-27(21)7-6-22(28)29)23(30)26-10-8-25(9-11-26)14-17-4-5-19-20(13-17)32-15-31-19/h4-5,12-13,18H,3,6-11,14-15H2,1-2H3. The predicted molar refractivity (Wildman–Crippen MR) is 118 cm³/mol. The number of piperazine rings is 1. The first-order valence-corrected chi connectivity index (χ1v) is 11.3. The van der Waals surface area contributed by atoms with E-state index >= 15 is 0 Å². The molecule has 1 fully saturated rings. The van der Waals surface area contributed by atoms with E-state index in [0.29, 0.717) is 32.5 Å². The summed E-state index contributed by atoms with van der Waals surface area (Å²) in [5, 5.41) is 4.47. The maximum Gasteiger partial charge on any atom is 0.245 e. The molecule has 3 aliphatic heterocycles. The van der Waals surface area contributed by atoms with Gasteiger partial charge in [0.2, 0.25) is 18.6 Å². The highest BCUT2D eigenvalue weighted by Gasteiger charge is 2.37. The number of benzene rings is 1. The van der Waals surface area contributed by atoms with E-state index in [-0.39, 0.29) is 18.6 Å². The number of aromatic nitrogens is 2. The summed E-state index contributed by atoms with van der Waals surface area (Å²) >= 11 is 0. The van der Waals surface area contributed by atoms with Crippen LogP contribution in [-0.4, -0.2) is 70.4 Å². The first kappa shape index (κ1) is 20.8. The summed E-state index contributed by atoms with van der Waals surface area (Å²) in [4.78, 5) is 32.1. The van der Waals surface area contributed by atoms with Gasteiger partial charge in [-0.15, -0.1) is 0 Å². The minimum atomic E-state index is -0.488. The number of carbonyl (C=O) groups excluding carboxylic acids is 2. The number of carbonyl (C=O) groups is 2. The van der Waals surface area contributed by atoms with Gasteiger partial charge in [0.25, 0.3) is 0 Å². The van der Waals surface area contributed by atoms with Crippen molar-refractivity contribution in [3.05, 3.63) is 35.5 Å². The minimum absolute atomic E-state index is 0.000885. The van der Waals surface area contributed by atoms with Crippen molar-refractivity contribution in [1.29, 1.82) is 0 Å². The van der Waals surface area contributed by atoms with Gasteiger partial charge in [0.15, 0.2) is 11.5 Å². The molecule has 1 saturated heterocycles. The molecule has 2 amide bonds. The molecule has 4 heterocycles. The normalized spacial score (nSPS) is 19.2. The smallest absolute Gasteiger partial charge is 0.245 e. The molecule has 0 radical (unpaired) electrons. The van der Waals surface area contributed by atoms with Crippen molar-refractivity contribution < 1.29 is 19.1 Å². The molecule has 0 spiro atoms. The molecule has 9 heteroatoms. The van der Waals surface area contributed by atoms with Crippen LogP contribution >= 0.6 is 0 Å². The SMILES string of the molecule is CCC(C(=O)N1CCN(Cc2ccc3c(c2)OCO3)CC1)N1C(=O)CCn2nc(C)cc21. The second-order valence-corrected chi connectivity index (χ2v) is 8.59. The van der Waals surface area contributed by atoms with Gasteiger partial charge in [-0.05, 0) is 31.0 Å². The second kappa shape index (κ2) is 8.46. The fourth-order valence-corrected chi connectivity index (χ4v) is 4.78. The first-order valence-electron chi connectivity index (χ1n) is 11.3. The summed E-state index contributed by atoms with van der Waals surface area (Å²) in [6.45, 7) is 8.42. The van der Waals surface area contributed by atoms with Crippen molar-refractivity contribution in [2.45, 2.75) is 45.8 Å². The highest BCUT2D eigenvalue weighted by Crippen LogP contribution is 2.33. The van der Waals surface area contributed by atoms with E-state index in [4.69, 9.17) is 9.47 Å². The quantitative estimate of drug-likeness (QED) is 0.707. The molecule has 0 bridgehead atoms. The zero-order valence-electron chi connectivity index (χ0n) is 18.6. The number of hydrogen-bond acceptors (Lipinski definition) is 6. The summed E-state index contributed by atoms with van der Waals surface area (Å²) in [5.74, 6) is 2.34. The lowest BCUT2D eigenvalue weighted by Gasteiger charge is -2.39. The average Bonchev–Trinajstić information content (AvgIpc) is 3.41. The Morgan fingerprint density at radius 3 is 2.66 bits per heavy atom. The molecule has 9 nitrogen and oxygen atoms in total. The van der Waals surface area contributed by atoms with Crippen LogP contribution < -0.4 is 14.4 Å². The van der Waals surface area contributed by atoms with Crippen LogP contribution in [0.15, 0.2) is 24.3 Å². The largest absolute Gasteiger partial charge is 0.454 e. The Balaban J connectivity index is 1.23. The van der Waals surface area contributed by atoms with Crippen molar-refractivity contribution >= 4 is 17.6 Å². The number of nitrogens with zero attached hydrogens (tertiary/aromatic N) is 5.